The third-order valence-electron chi connectivity index (χ3n) is 5.86. The van der Waals surface area contributed by atoms with Crippen molar-refractivity contribution in [3.63, 3.8) is 0 Å². The van der Waals surface area contributed by atoms with E-state index in [4.69, 9.17) is 0 Å². The molecule has 0 saturated carbocycles. The largest absolute Gasteiger partial charge is 0.391 e. The molecule has 1 spiro atoms. The number of aliphatic hydroxyl groups excluding tert-OH is 1. The van der Waals surface area contributed by atoms with Crippen LogP contribution in [0.4, 0.5) is 5.82 Å². The van der Waals surface area contributed by atoms with Gasteiger partial charge in [-0.3, -0.25) is 14.8 Å². The summed E-state index contributed by atoms with van der Waals surface area (Å²) in [6.45, 7) is 4.77. The van der Waals surface area contributed by atoms with Crippen LogP contribution in [0.5, 0.6) is 0 Å². The molecule has 1 atom stereocenters. The Morgan fingerprint density at radius 3 is 2.67 bits per heavy atom. The van der Waals surface area contributed by atoms with E-state index in [1.54, 1.807) is 37.1 Å². The number of nitrogens with zero attached hydrogens (tertiary/aromatic N) is 5. The number of aryl methyl sites for hydroxylation is 1. The summed E-state index contributed by atoms with van der Waals surface area (Å²) in [5.74, 6) is 0.883. The van der Waals surface area contributed by atoms with Gasteiger partial charge in [-0.2, -0.15) is 0 Å². The lowest BCUT2D eigenvalue weighted by atomic mass is 9.71. The molecule has 0 bridgehead atoms. The molecule has 1 unspecified atom stereocenters. The van der Waals surface area contributed by atoms with Crippen LogP contribution >= 0.6 is 0 Å². The van der Waals surface area contributed by atoms with Crippen molar-refractivity contribution >= 4 is 11.7 Å². The summed E-state index contributed by atoms with van der Waals surface area (Å²) in [5.41, 5.74) is 1.65. The number of anilines is 1. The van der Waals surface area contributed by atoms with Crippen LogP contribution in [-0.2, 0) is 0 Å². The van der Waals surface area contributed by atoms with Gasteiger partial charge in [-0.05, 0) is 43.2 Å². The number of carbonyl (C=O) groups excluding carboxylic acids is 1. The molecule has 1 N–H and O–H groups in total. The number of aromatic nitrogens is 3. The summed E-state index contributed by atoms with van der Waals surface area (Å²) in [4.78, 5) is 29.5. The van der Waals surface area contributed by atoms with E-state index < -0.39 is 0 Å². The lowest BCUT2D eigenvalue weighted by Crippen LogP contribution is -2.54. The minimum atomic E-state index is -0.384. The van der Waals surface area contributed by atoms with Gasteiger partial charge in [0.05, 0.1) is 12.3 Å². The van der Waals surface area contributed by atoms with Crippen molar-refractivity contribution in [1.82, 2.24) is 19.9 Å². The Morgan fingerprint density at radius 1 is 1.19 bits per heavy atom. The second-order valence-electron chi connectivity index (χ2n) is 7.78. The van der Waals surface area contributed by atoms with E-state index in [1.807, 2.05) is 11.8 Å². The van der Waals surface area contributed by atoms with E-state index in [1.165, 1.54) is 0 Å². The van der Waals surface area contributed by atoms with Gasteiger partial charge < -0.3 is 14.9 Å². The van der Waals surface area contributed by atoms with Gasteiger partial charge in [-0.25, -0.2) is 4.98 Å². The van der Waals surface area contributed by atoms with E-state index in [0.717, 1.165) is 42.8 Å². The Morgan fingerprint density at radius 2 is 1.96 bits per heavy atom. The molecule has 0 aliphatic carbocycles. The third-order valence-corrected chi connectivity index (χ3v) is 5.86. The summed E-state index contributed by atoms with van der Waals surface area (Å²) in [6.07, 6.45) is 10.7. The Balaban J connectivity index is 1.46. The molecule has 2 aliphatic heterocycles. The van der Waals surface area contributed by atoms with E-state index in [2.05, 4.69) is 19.9 Å². The molecule has 2 saturated heterocycles. The summed E-state index contributed by atoms with van der Waals surface area (Å²) in [5, 5.41) is 10.5. The van der Waals surface area contributed by atoms with Crippen molar-refractivity contribution in [2.45, 2.75) is 32.3 Å². The fraction of sp³-hybridized carbons (Fsp3) is 0.500. The first-order valence-corrected chi connectivity index (χ1v) is 9.45. The van der Waals surface area contributed by atoms with Crippen LogP contribution in [0.25, 0.3) is 0 Å². The Hall–Kier alpha value is -2.54. The first-order valence-electron chi connectivity index (χ1n) is 9.45. The molecule has 1 amide bonds. The zero-order chi connectivity index (χ0) is 18.9. The fourth-order valence-electron chi connectivity index (χ4n) is 4.41. The molecule has 4 heterocycles. The lowest BCUT2D eigenvalue weighted by molar-refractivity contribution is 0.0246. The fourth-order valence-corrected chi connectivity index (χ4v) is 4.41. The lowest BCUT2D eigenvalue weighted by Gasteiger charge is -2.49. The van der Waals surface area contributed by atoms with Gasteiger partial charge in [-0.15, -0.1) is 0 Å². The second kappa shape index (κ2) is 7.23. The highest BCUT2D eigenvalue weighted by Crippen LogP contribution is 2.41. The molecule has 0 aromatic carbocycles. The molecule has 2 aromatic rings. The average molecular weight is 367 g/mol. The SMILES string of the molecule is Cc1cnccc1C(=O)N1CCC2(CC1)CC(O)CN(c1cnccn1)C2. The molecule has 7 heteroatoms. The van der Waals surface area contributed by atoms with E-state index in [0.29, 0.717) is 19.6 Å². The summed E-state index contributed by atoms with van der Waals surface area (Å²) in [6, 6.07) is 1.79. The molecule has 142 valence electrons. The normalized spacial score (nSPS) is 22.1. The number of β-amino-alcohol motifs (C(OH)–C–C–N with tert-alkyl or cyclic N) is 1. The van der Waals surface area contributed by atoms with Crippen LogP contribution in [0.3, 0.4) is 0 Å². The minimum absolute atomic E-state index is 0.0132. The molecule has 2 aromatic heterocycles. The summed E-state index contributed by atoms with van der Waals surface area (Å²) < 4.78 is 0. The van der Waals surface area contributed by atoms with Crippen molar-refractivity contribution in [1.29, 1.82) is 0 Å². The monoisotopic (exact) mass is 367 g/mol. The molecule has 2 aliphatic rings. The van der Waals surface area contributed by atoms with Gasteiger partial charge >= 0.3 is 0 Å². The second-order valence-corrected chi connectivity index (χ2v) is 7.78. The van der Waals surface area contributed by atoms with E-state index in [9.17, 15) is 9.90 Å². The molecule has 7 nitrogen and oxygen atoms in total. The molecular formula is C20H25N5O2. The van der Waals surface area contributed by atoms with Crippen LogP contribution in [-0.4, -0.2) is 63.1 Å². The predicted molar refractivity (Wildman–Crippen MR) is 101 cm³/mol. The highest BCUT2D eigenvalue weighted by atomic mass is 16.3. The maximum absolute atomic E-state index is 12.9. The van der Waals surface area contributed by atoms with Crippen LogP contribution in [0.15, 0.2) is 37.1 Å². The number of aliphatic hydroxyl groups is 1. The smallest absolute Gasteiger partial charge is 0.254 e. The number of pyridine rings is 1. The van der Waals surface area contributed by atoms with E-state index >= 15 is 0 Å². The standard InChI is InChI=1S/C20H25N5O2/c1-15-11-21-5-2-17(15)19(27)24-8-3-20(4-9-24)10-16(26)13-25(14-20)18-12-22-6-7-23-18/h2,5-7,11-12,16,26H,3-4,8-10,13-14H2,1H3. The van der Waals surface area contributed by atoms with E-state index in [-0.39, 0.29) is 17.4 Å². The maximum Gasteiger partial charge on any atom is 0.254 e. The summed E-state index contributed by atoms with van der Waals surface area (Å²) >= 11 is 0. The number of likely N-dealkylation sites (tertiary alicyclic amines) is 1. The van der Waals surface area contributed by atoms with Crippen molar-refractivity contribution < 1.29 is 9.90 Å². The molecular weight excluding hydrogens is 342 g/mol. The molecule has 2 fully saturated rings. The van der Waals surface area contributed by atoms with Gasteiger partial charge in [0.25, 0.3) is 5.91 Å². The van der Waals surface area contributed by atoms with Crippen molar-refractivity contribution in [3.05, 3.63) is 48.2 Å². The van der Waals surface area contributed by atoms with Crippen molar-refractivity contribution in [2.24, 2.45) is 5.41 Å². The van der Waals surface area contributed by atoms with Gasteiger partial charge in [0.15, 0.2) is 0 Å². The first-order chi connectivity index (χ1) is 13.1. The first kappa shape index (κ1) is 17.9. The molecule has 4 rings (SSSR count). The number of hydrogen-bond donors (Lipinski definition) is 1. The number of hydrogen-bond acceptors (Lipinski definition) is 6. The van der Waals surface area contributed by atoms with Crippen LogP contribution < -0.4 is 4.90 Å². The Kier molecular flexibility index (Phi) is 4.78. The van der Waals surface area contributed by atoms with Crippen molar-refractivity contribution in [3.8, 4) is 0 Å². The Bertz CT molecular complexity index is 805. The van der Waals surface area contributed by atoms with Crippen LogP contribution in [0, 0.1) is 12.3 Å². The number of rotatable bonds is 2. The summed E-state index contributed by atoms with van der Waals surface area (Å²) in [7, 11) is 0. The van der Waals surface area contributed by atoms with Crippen molar-refractivity contribution in [2.75, 3.05) is 31.1 Å². The number of amides is 1. The van der Waals surface area contributed by atoms with Gasteiger partial charge in [-0.1, -0.05) is 0 Å². The predicted octanol–water partition coefficient (Wildman–Crippen LogP) is 1.67. The number of carbonyl (C=O) groups is 1. The van der Waals surface area contributed by atoms with Crippen LogP contribution in [0.1, 0.15) is 35.2 Å². The molecule has 27 heavy (non-hydrogen) atoms. The van der Waals surface area contributed by atoms with Gasteiger partial charge in [0.1, 0.15) is 5.82 Å². The zero-order valence-electron chi connectivity index (χ0n) is 15.6. The highest BCUT2D eigenvalue weighted by molar-refractivity contribution is 5.95. The highest BCUT2D eigenvalue weighted by Gasteiger charge is 2.42. The third kappa shape index (κ3) is 3.64. The quantitative estimate of drug-likeness (QED) is 0.870. The zero-order valence-corrected chi connectivity index (χ0v) is 15.6. The maximum atomic E-state index is 12.9. The number of piperidine rings is 2. The average Bonchev–Trinajstić information content (AvgIpc) is 2.68. The minimum Gasteiger partial charge on any atom is -0.391 e. The molecule has 0 radical (unpaired) electrons. The van der Waals surface area contributed by atoms with Gasteiger partial charge in [0.2, 0.25) is 0 Å². The van der Waals surface area contributed by atoms with Crippen LogP contribution in [0.2, 0.25) is 0 Å². The topological polar surface area (TPSA) is 82.5 Å². The Labute approximate surface area is 159 Å². The van der Waals surface area contributed by atoms with Gasteiger partial charge in [0, 0.05) is 56.5 Å².